The highest BCUT2D eigenvalue weighted by atomic mass is 32.2. The van der Waals surface area contributed by atoms with E-state index in [2.05, 4.69) is 22.5 Å². The van der Waals surface area contributed by atoms with Gasteiger partial charge in [0, 0.05) is 24.4 Å². The molecule has 2 amide bonds. The van der Waals surface area contributed by atoms with Crippen molar-refractivity contribution in [2.24, 2.45) is 11.8 Å². The number of cyclic esters (lactones) is 1. The van der Waals surface area contributed by atoms with Crippen LogP contribution in [-0.2, 0) is 25.8 Å². The van der Waals surface area contributed by atoms with E-state index in [1.807, 2.05) is 43.3 Å². The van der Waals surface area contributed by atoms with Gasteiger partial charge < -0.3 is 19.6 Å². The van der Waals surface area contributed by atoms with Crippen molar-refractivity contribution in [1.82, 2.24) is 24.8 Å². The van der Waals surface area contributed by atoms with Gasteiger partial charge in [-0.25, -0.2) is 4.68 Å². The highest BCUT2D eigenvalue weighted by molar-refractivity contribution is 8.02. The number of carbonyl (C=O) groups excluding carboxylic acids is 3. The molecule has 0 radical (unpaired) electrons. The van der Waals surface area contributed by atoms with E-state index in [-0.39, 0.29) is 31.1 Å². The fraction of sp³-hybridized carbons (Fsp3) is 0.581. The SMILES string of the molecule is C[C@]12/C=C\CCCCOC(=O)[C@H]1[C@H]1C(=O)N(CCCCCCO)C3C(=O)N(Cn4nnc5ccccc54)CC=C[C@@]31S2. The third-order valence-electron chi connectivity index (χ3n) is 9.12. The van der Waals surface area contributed by atoms with Gasteiger partial charge in [0.2, 0.25) is 11.8 Å². The van der Waals surface area contributed by atoms with E-state index >= 15 is 0 Å². The second-order valence-corrected chi connectivity index (χ2v) is 13.7. The lowest BCUT2D eigenvalue weighted by Gasteiger charge is -2.37. The number of carbonyl (C=O) groups is 3. The van der Waals surface area contributed by atoms with Crippen molar-refractivity contribution >= 4 is 40.6 Å². The first-order chi connectivity index (χ1) is 20.4. The van der Waals surface area contributed by atoms with E-state index in [9.17, 15) is 19.5 Å². The monoisotopic (exact) mass is 593 g/mol. The quantitative estimate of drug-likeness (QED) is 0.282. The summed E-state index contributed by atoms with van der Waals surface area (Å²) < 4.78 is 5.88. The Labute approximate surface area is 250 Å². The second kappa shape index (κ2) is 11.8. The van der Waals surface area contributed by atoms with Crippen molar-refractivity contribution in [2.45, 2.75) is 74.1 Å². The number of allylic oxidation sites excluding steroid dienone is 1. The molecule has 11 heteroatoms. The van der Waals surface area contributed by atoms with Gasteiger partial charge in [0.25, 0.3) is 0 Å². The van der Waals surface area contributed by atoms with Gasteiger partial charge in [0.05, 0.1) is 28.7 Å². The summed E-state index contributed by atoms with van der Waals surface area (Å²) >= 11 is 1.57. The third-order valence-corrected chi connectivity index (χ3v) is 10.9. The van der Waals surface area contributed by atoms with Crippen LogP contribution in [0.5, 0.6) is 0 Å². The highest BCUT2D eigenvalue weighted by Crippen LogP contribution is 2.65. The zero-order chi connectivity index (χ0) is 29.3. The van der Waals surface area contributed by atoms with Gasteiger partial charge in [0.15, 0.2) is 0 Å². The summed E-state index contributed by atoms with van der Waals surface area (Å²) in [6.45, 7) is 3.47. The van der Waals surface area contributed by atoms with E-state index in [1.54, 1.807) is 26.2 Å². The topological polar surface area (TPSA) is 118 Å². The Morgan fingerprint density at radius 2 is 1.86 bits per heavy atom. The van der Waals surface area contributed by atoms with Crippen molar-refractivity contribution in [3.8, 4) is 0 Å². The molecule has 1 aromatic heterocycles. The molecule has 1 N–H and O–H groups in total. The molecule has 2 fully saturated rings. The Morgan fingerprint density at radius 1 is 1.02 bits per heavy atom. The Hall–Kier alpha value is -3.18. The minimum absolute atomic E-state index is 0.137. The van der Waals surface area contributed by atoms with E-state index in [1.165, 1.54) is 0 Å². The summed E-state index contributed by atoms with van der Waals surface area (Å²) in [6, 6.07) is 6.87. The van der Waals surface area contributed by atoms with Crippen LogP contribution >= 0.6 is 11.8 Å². The molecule has 0 bridgehead atoms. The molecular formula is C31H39N5O5S. The molecule has 5 heterocycles. The van der Waals surface area contributed by atoms with Crippen molar-refractivity contribution in [3.05, 3.63) is 48.6 Å². The number of unbranched alkanes of at least 4 members (excludes halogenated alkanes) is 3. The molecule has 2 aromatic rings. The van der Waals surface area contributed by atoms with Crippen molar-refractivity contribution in [2.75, 3.05) is 26.3 Å². The van der Waals surface area contributed by atoms with Crippen molar-refractivity contribution < 1.29 is 24.2 Å². The molecule has 0 saturated carbocycles. The molecule has 1 unspecified atom stereocenters. The first kappa shape index (κ1) is 28.9. The Balaban J connectivity index is 1.38. The zero-order valence-electron chi connectivity index (χ0n) is 24.1. The summed E-state index contributed by atoms with van der Waals surface area (Å²) in [4.78, 5) is 46.2. The van der Waals surface area contributed by atoms with Gasteiger partial charge in [-0.15, -0.1) is 16.9 Å². The lowest BCUT2D eigenvalue weighted by atomic mass is 9.74. The first-order valence-corrected chi connectivity index (χ1v) is 15.9. The fourth-order valence-corrected chi connectivity index (χ4v) is 9.30. The first-order valence-electron chi connectivity index (χ1n) is 15.1. The number of amides is 2. The number of benzene rings is 1. The number of ether oxygens (including phenoxy) is 1. The number of aliphatic hydroxyl groups excluding tert-OH is 1. The average molecular weight is 594 g/mol. The maximum absolute atomic E-state index is 14.6. The van der Waals surface area contributed by atoms with Crippen LogP contribution in [0.4, 0.5) is 0 Å². The number of hydrogen-bond donors (Lipinski definition) is 1. The van der Waals surface area contributed by atoms with E-state index in [4.69, 9.17) is 4.74 Å². The van der Waals surface area contributed by atoms with Crippen LogP contribution in [0.3, 0.4) is 0 Å². The van der Waals surface area contributed by atoms with Crippen LogP contribution in [0.1, 0.15) is 51.9 Å². The van der Waals surface area contributed by atoms with Crippen molar-refractivity contribution in [1.29, 1.82) is 0 Å². The lowest BCUT2D eigenvalue weighted by Crippen LogP contribution is -2.53. The number of fused-ring (bicyclic) bond motifs is 3. The molecule has 0 aliphatic carbocycles. The van der Waals surface area contributed by atoms with Gasteiger partial charge in [-0.3, -0.25) is 14.4 Å². The molecule has 1 spiro atoms. The summed E-state index contributed by atoms with van der Waals surface area (Å²) in [6.07, 6.45) is 13.9. The maximum atomic E-state index is 14.6. The Bertz CT molecular complexity index is 1410. The number of aromatic nitrogens is 3. The molecule has 42 heavy (non-hydrogen) atoms. The standard InChI is InChI=1S/C31H39N5O5S/c1-30-15-8-2-5-11-20-41-29(40)25(30)24-27(38)35(18-9-3-4-10-19-37)26-28(39)34(17-12-16-31(24,26)42-30)21-36-23-14-7-6-13-22(23)32-33-36/h6-8,12-16,24-26,37H,2-5,9-11,17-21H2,1H3/b15-8-/t24-,25+,26?,30-,31-/m0/s1. The molecule has 5 atom stereocenters. The largest absolute Gasteiger partial charge is 0.465 e. The number of para-hydroxylation sites is 1. The summed E-state index contributed by atoms with van der Waals surface area (Å²) in [5, 5.41) is 17.8. The smallest absolute Gasteiger partial charge is 0.311 e. The number of likely N-dealkylation sites (tertiary alicyclic amines) is 1. The van der Waals surface area contributed by atoms with Gasteiger partial charge in [0.1, 0.15) is 18.2 Å². The summed E-state index contributed by atoms with van der Waals surface area (Å²) in [7, 11) is 0. The van der Waals surface area contributed by atoms with Crippen LogP contribution < -0.4 is 0 Å². The molecule has 2 saturated heterocycles. The van der Waals surface area contributed by atoms with Crippen molar-refractivity contribution in [3.63, 3.8) is 0 Å². The minimum atomic E-state index is -0.907. The molecule has 224 valence electrons. The summed E-state index contributed by atoms with van der Waals surface area (Å²) in [5.41, 5.74) is 1.58. The maximum Gasteiger partial charge on any atom is 0.311 e. The number of nitrogens with zero attached hydrogens (tertiary/aromatic N) is 5. The normalized spacial score (nSPS) is 32.0. The Morgan fingerprint density at radius 3 is 2.71 bits per heavy atom. The van der Waals surface area contributed by atoms with Crippen LogP contribution in [-0.4, -0.2) is 89.5 Å². The Kier molecular flexibility index (Phi) is 8.15. The van der Waals surface area contributed by atoms with Crippen LogP contribution in [0.2, 0.25) is 0 Å². The number of rotatable bonds is 8. The molecule has 10 nitrogen and oxygen atoms in total. The summed E-state index contributed by atoms with van der Waals surface area (Å²) in [5.74, 6) is -2.07. The van der Waals surface area contributed by atoms with Crippen LogP contribution in [0.15, 0.2) is 48.6 Å². The molecule has 4 aliphatic heterocycles. The zero-order valence-corrected chi connectivity index (χ0v) is 24.9. The van der Waals surface area contributed by atoms with Crippen LogP contribution in [0, 0.1) is 11.8 Å². The third kappa shape index (κ3) is 4.94. The van der Waals surface area contributed by atoms with Gasteiger partial charge in [-0.05, 0) is 51.2 Å². The second-order valence-electron chi connectivity index (χ2n) is 11.9. The molecule has 1 aromatic carbocycles. The minimum Gasteiger partial charge on any atom is -0.465 e. The number of hydrogen-bond acceptors (Lipinski definition) is 8. The van der Waals surface area contributed by atoms with E-state index in [0.29, 0.717) is 32.5 Å². The molecule has 6 rings (SSSR count). The highest BCUT2D eigenvalue weighted by Gasteiger charge is 2.73. The molecular weight excluding hydrogens is 554 g/mol. The van der Waals surface area contributed by atoms with Crippen LogP contribution in [0.25, 0.3) is 11.0 Å². The lowest BCUT2D eigenvalue weighted by molar-refractivity contribution is -0.154. The fourth-order valence-electron chi connectivity index (χ4n) is 7.14. The molecule has 4 aliphatic rings. The van der Waals surface area contributed by atoms with Gasteiger partial charge >= 0.3 is 5.97 Å². The number of aliphatic hydroxyl groups is 1. The van der Waals surface area contributed by atoms with Gasteiger partial charge in [-0.1, -0.05) is 54.5 Å². The van der Waals surface area contributed by atoms with E-state index < -0.39 is 27.4 Å². The number of thioether (sulfide) groups is 1. The predicted octanol–water partition coefficient (Wildman–Crippen LogP) is 3.31. The van der Waals surface area contributed by atoms with Gasteiger partial charge in [-0.2, -0.15) is 0 Å². The average Bonchev–Trinajstić information content (AvgIpc) is 3.54. The van der Waals surface area contributed by atoms with E-state index in [0.717, 1.165) is 43.1 Å². The predicted molar refractivity (Wildman–Crippen MR) is 159 cm³/mol. The number of esters is 1.